The first-order valence-electron chi connectivity index (χ1n) is 8.15. The highest BCUT2D eigenvalue weighted by Crippen LogP contribution is 2.22. The number of anilines is 1. The molecule has 0 fully saturated rings. The van der Waals surface area contributed by atoms with Crippen molar-refractivity contribution in [3.8, 4) is 0 Å². The van der Waals surface area contributed by atoms with Crippen LogP contribution in [-0.2, 0) is 14.3 Å². The Kier molecular flexibility index (Phi) is 6.18. The second kappa shape index (κ2) is 8.77. The van der Waals surface area contributed by atoms with Crippen LogP contribution in [0.2, 0.25) is 10.0 Å². The molecule has 2 aromatic heterocycles. The molecular formula is C19H14Cl2N4O3. The molecule has 0 aliphatic heterocycles. The summed E-state index contributed by atoms with van der Waals surface area (Å²) in [6, 6.07) is 8.81. The minimum atomic E-state index is -1.06. The van der Waals surface area contributed by atoms with Crippen LogP contribution < -0.4 is 5.32 Å². The predicted molar refractivity (Wildman–Crippen MR) is 107 cm³/mol. The molecule has 1 atom stereocenters. The molecule has 0 aliphatic carbocycles. The summed E-state index contributed by atoms with van der Waals surface area (Å²) in [6.45, 7) is 1.43. The molecule has 1 N–H and O–H groups in total. The lowest BCUT2D eigenvalue weighted by atomic mass is 10.3. The number of para-hydroxylation sites is 2. The number of rotatable bonds is 5. The van der Waals surface area contributed by atoms with E-state index in [1.54, 1.807) is 0 Å². The Morgan fingerprint density at radius 3 is 2.64 bits per heavy atom. The minimum absolute atomic E-state index is 0.126. The second-order valence-electron chi connectivity index (χ2n) is 5.67. The summed E-state index contributed by atoms with van der Waals surface area (Å²) in [6.07, 6.45) is 4.46. The molecule has 3 rings (SSSR count). The predicted octanol–water partition coefficient (Wildman–Crippen LogP) is 3.92. The smallest absolute Gasteiger partial charge is 0.331 e. The topological polar surface area (TPSA) is 94.1 Å². The maximum absolute atomic E-state index is 12.1. The fraction of sp³-hybridized carbons (Fsp3) is 0.105. The first-order valence-corrected chi connectivity index (χ1v) is 8.90. The first-order chi connectivity index (χ1) is 13.4. The second-order valence-corrected chi connectivity index (χ2v) is 6.51. The van der Waals surface area contributed by atoms with Crippen LogP contribution in [0.1, 0.15) is 12.6 Å². The van der Waals surface area contributed by atoms with Crippen LogP contribution in [0, 0.1) is 0 Å². The van der Waals surface area contributed by atoms with Crippen LogP contribution in [0.25, 0.3) is 17.1 Å². The van der Waals surface area contributed by atoms with E-state index < -0.39 is 18.0 Å². The molecule has 0 bridgehead atoms. The SMILES string of the molecule is C[C@H](OC(=O)/C=C/c1cnc2ccccc2n1)C(=O)Nc1ncc(Cl)cc1Cl. The highest BCUT2D eigenvalue weighted by atomic mass is 35.5. The van der Waals surface area contributed by atoms with Gasteiger partial charge in [0, 0.05) is 12.3 Å². The Morgan fingerprint density at radius 1 is 1.14 bits per heavy atom. The summed E-state index contributed by atoms with van der Waals surface area (Å²) >= 11 is 11.7. The molecule has 1 amide bonds. The lowest BCUT2D eigenvalue weighted by molar-refractivity contribution is -0.148. The Morgan fingerprint density at radius 2 is 1.89 bits per heavy atom. The number of hydrogen-bond donors (Lipinski definition) is 1. The van der Waals surface area contributed by atoms with Crippen molar-refractivity contribution in [2.75, 3.05) is 5.32 Å². The molecule has 0 spiro atoms. The lowest BCUT2D eigenvalue weighted by Crippen LogP contribution is -2.29. The minimum Gasteiger partial charge on any atom is -0.449 e. The van der Waals surface area contributed by atoms with Crippen molar-refractivity contribution in [2.24, 2.45) is 0 Å². The van der Waals surface area contributed by atoms with Crippen molar-refractivity contribution >= 4 is 58.0 Å². The number of fused-ring (bicyclic) bond motifs is 1. The highest BCUT2D eigenvalue weighted by molar-refractivity contribution is 6.36. The third kappa shape index (κ3) is 5.03. The first kappa shape index (κ1) is 19.7. The van der Waals surface area contributed by atoms with Gasteiger partial charge in [-0.05, 0) is 31.2 Å². The number of carbonyl (C=O) groups excluding carboxylic acids is 2. The third-order valence-electron chi connectivity index (χ3n) is 3.57. The van der Waals surface area contributed by atoms with E-state index in [4.69, 9.17) is 27.9 Å². The number of esters is 1. The van der Waals surface area contributed by atoms with Gasteiger partial charge in [-0.15, -0.1) is 0 Å². The van der Waals surface area contributed by atoms with E-state index in [-0.39, 0.29) is 10.8 Å². The summed E-state index contributed by atoms with van der Waals surface area (Å²) in [5, 5.41) is 2.98. The van der Waals surface area contributed by atoms with Crippen LogP contribution in [0.5, 0.6) is 0 Å². The Labute approximate surface area is 170 Å². The van der Waals surface area contributed by atoms with Gasteiger partial charge in [0.15, 0.2) is 11.9 Å². The Hall–Kier alpha value is -3.03. The quantitative estimate of drug-likeness (QED) is 0.500. The maximum Gasteiger partial charge on any atom is 0.331 e. The van der Waals surface area contributed by atoms with Gasteiger partial charge >= 0.3 is 5.97 Å². The number of benzene rings is 1. The molecule has 2 heterocycles. The summed E-state index contributed by atoms with van der Waals surface area (Å²) < 4.78 is 5.07. The zero-order chi connectivity index (χ0) is 20.1. The number of aromatic nitrogens is 3. The zero-order valence-electron chi connectivity index (χ0n) is 14.6. The van der Waals surface area contributed by atoms with Crippen LogP contribution in [0.15, 0.2) is 48.8 Å². The average molecular weight is 417 g/mol. The van der Waals surface area contributed by atoms with Gasteiger partial charge < -0.3 is 10.1 Å². The van der Waals surface area contributed by atoms with Crippen LogP contribution in [0.4, 0.5) is 5.82 Å². The maximum atomic E-state index is 12.1. The van der Waals surface area contributed by atoms with Gasteiger partial charge in [0.25, 0.3) is 5.91 Å². The van der Waals surface area contributed by atoms with Crippen molar-refractivity contribution in [2.45, 2.75) is 13.0 Å². The van der Waals surface area contributed by atoms with Gasteiger partial charge in [-0.1, -0.05) is 35.3 Å². The van der Waals surface area contributed by atoms with Crippen molar-refractivity contribution < 1.29 is 14.3 Å². The summed E-state index contributed by atoms with van der Waals surface area (Å²) in [4.78, 5) is 36.6. The van der Waals surface area contributed by atoms with Crippen molar-refractivity contribution in [3.63, 3.8) is 0 Å². The monoisotopic (exact) mass is 416 g/mol. The van der Waals surface area contributed by atoms with E-state index >= 15 is 0 Å². The van der Waals surface area contributed by atoms with Crippen LogP contribution >= 0.6 is 23.2 Å². The molecule has 0 radical (unpaired) electrons. The Balaban J connectivity index is 1.59. The summed E-state index contributed by atoms with van der Waals surface area (Å²) in [7, 11) is 0. The number of ether oxygens (including phenoxy) is 1. The van der Waals surface area contributed by atoms with Crippen LogP contribution in [-0.4, -0.2) is 32.9 Å². The molecule has 0 unspecified atom stereocenters. The molecular weight excluding hydrogens is 403 g/mol. The number of hydrogen-bond acceptors (Lipinski definition) is 6. The molecule has 3 aromatic rings. The number of carbonyl (C=O) groups is 2. The van der Waals surface area contributed by atoms with Crippen molar-refractivity contribution in [1.82, 2.24) is 15.0 Å². The van der Waals surface area contributed by atoms with E-state index in [2.05, 4.69) is 20.3 Å². The fourth-order valence-electron chi connectivity index (χ4n) is 2.20. The Bertz CT molecular complexity index is 1070. The fourth-order valence-corrected chi connectivity index (χ4v) is 2.62. The highest BCUT2D eigenvalue weighted by Gasteiger charge is 2.18. The molecule has 28 heavy (non-hydrogen) atoms. The van der Waals surface area contributed by atoms with E-state index in [9.17, 15) is 9.59 Å². The van der Waals surface area contributed by atoms with Gasteiger partial charge in [-0.2, -0.15) is 0 Å². The summed E-state index contributed by atoms with van der Waals surface area (Å²) in [5.41, 5.74) is 1.95. The average Bonchev–Trinajstić information content (AvgIpc) is 2.68. The summed E-state index contributed by atoms with van der Waals surface area (Å²) in [5.74, 6) is -1.15. The standard InChI is InChI=1S/C19H14Cl2N4O3/c1-11(19(27)25-18-14(21)8-12(20)9-23-18)28-17(26)7-6-13-10-22-15-4-2-3-5-16(15)24-13/h2-11H,1H3,(H,23,25,27)/b7-6+/t11-/m0/s1. The van der Waals surface area contributed by atoms with Crippen molar-refractivity contribution in [1.29, 1.82) is 0 Å². The van der Waals surface area contributed by atoms with Gasteiger partial charge in [0.2, 0.25) is 0 Å². The number of amides is 1. The zero-order valence-corrected chi connectivity index (χ0v) is 16.1. The lowest BCUT2D eigenvalue weighted by Gasteiger charge is -2.12. The van der Waals surface area contributed by atoms with Gasteiger partial charge in [0.05, 0.1) is 33.0 Å². The van der Waals surface area contributed by atoms with Crippen LogP contribution in [0.3, 0.4) is 0 Å². The molecule has 7 nitrogen and oxygen atoms in total. The number of halogens is 2. The number of nitrogens with one attached hydrogen (secondary N) is 1. The van der Waals surface area contributed by atoms with Gasteiger partial charge in [-0.25, -0.2) is 14.8 Å². The molecule has 0 saturated heterocycles. The molecule has 1 aromatic carbocycles. The normalized spacial score (nSPS) is 12.1. The van der Waals surface area contributed by atoms with E-state index in [0.29, 0.717) is 16.2 Å². The molecule has 142 valence electrons. The molecule has 0 aliphatic rings. The van der Waals surface area contributed by atoms with E-state index in [1.807, 2.05) is 24.3 Å². The number of pyridine rings is 1. The third-order valence-corrected chi connectivity index (χ3v) is 4.06. The number of nitrogens with zero attached hydrogens (tertiary/aromatic N) is 3. The largest absolute Gasteiger partial charge is 0.449 e. The van der Waals surface area contributed by atoms with Gasteiger partial charge in [-0.3, -0.25) is 9.78 Å². The van der Waals surface area contributed by atoms with Crippen molar-refractivity contribution in [3.05, 3.63) is 64.5 Å². The van der Waals surface area contributed by atoms with E-state index in [0.717, 1.165) is 5.52 Å². The molecule has 9 heteroatoms. The van der Waals surface area contributed by atoms with Gasteiger partial charge in [0.1, 0.15) is 0 Å². The molecule has 0 saturated carbocycles. The van der Waals surface area contributed by atoms with E-state index in [1.165, 1.54) is 37.5 Å².